The molecule has 2 aromatic carbocycles. The molecule has 0 radical (unpaired) electrons. The van der Waals surface area contributed by atoms with Crippen molar-refractivity contribution in [3.63, 3.8) is 0 Å². The monoisotopic (exact) mass is 284 g/mol. The van der Waals surface area contributed by atoms with Crippen molar-refractivity contribution in [3.8, 4) is 5.75 Å². The lowest BCUT2D eigenvalue weighted by Gasteiger charge is -2.12. The highest BCUT2D eigenvalue weighted by Crippen LogP contribution is 2.35. The van der Waals surface area contributed by atoms with E-state index in [2.05, 4.69) is 0 Å². The molecule has 2 rings (SSSR count). The molecule has 6 heteroatoms. The minimum atomic E-state index is -4.77. The Morgan fingerprint density at radius 1 is 1.00 bits per heavy atom. The van der Waals surface area contributed by atoms with E-state index in [1.54, 1.807) is 0 Å². The van der Waals surface area contributed by atoms with Crippen molar-refractivity contribution < 1.29 is 27.5 Å². The number of phenols is 1. The maximum Gasteiger partial charge on any atom is 0.417 e. The highest BCUT2D eigenvalue weighted by Gasteiger charge is 2.35. The van der Waals surface area contributed by atoms with E-state index in [9.17, 15) is 22.4 Å². The Labute approximate surface area is 111 Å². The fourth-order valence-electron chi connectivity index (χ4n) is 1.72. The molecular formula is C14H8F4O2. The summed E-state index contributed by atoms with van der Waals surface area (Å²) in [5.41, 5.74) is -1.89. The summed E-state index contributed by atoms with van der Waals surface area (Å²) in [7, 11) is 0. The third-order valence-electron chi connectivity index (χ3n) is 2.66. The molecule has 0 unspecified atom stereocenters. The van der Waals surface area contributed by atoms with Crippen LogP contribution in [0.1, 0.15) is 21.5 Å². The molecular weight excluding hydrogens is 276 g/mol. The zero-order valence-electron chi connectivity index (χ0n) is 9.91. The maximum absolute atomic E-state index is 12.8. The maximum atomic E-state index is 12.8. The zero-order chi connectivity index (χ0) is 14.9. The Bertz CT molecular complexity index is 645. The molecule has 0 amide bonds. The van der Waals surface area contributed by atoms with Crippen LogP contribution in [0, 0.1) is 5.82 Å². The highest BCUT2D eigenvalue weighted by molar-refractivity contribution is 6.10. The fourth-order valence-corrected chi connectivity index (χ4v) is 1.72. The minimum Gasteiger partial charge on any atom is -0.508 e. The lowest BCUT2D eigenvalue weighted by atomic mass is 9.97. The lowest BCUT2D eigenvalue weighted by molar-refractivity contribution is -0.138. The molecule has 0 fully saturated rings. The van der Waals surface area contributed by atoms with Crippen LogP contribution >= 0.6 is 0 Å². The van der Waals surface area contributed by atoms with Gasteiger partial charge < -0.3 is 5.11 Å². The first-order valence-electron chi connectivity index (χ1n) is 5.49. The van der Waals surface area contributed by atoms with Crippen LogP contribution in [0.3, 0.4) is 0 Å². The molecule has 1 N–H and O–H groups in total. The van der Waals surface area contributed by atoms with Gasteiger partial charge in [-0.3, -0.25) is 4.79 Å². The average Bonchev–Trinajstić information content (AvgIpc) is 2.38. The van der Waals surface area contributed by atoms with E-state index in [0.717, 1.165) is 36.4 Å². The SMILES string of the molecule is O=C(c1ccc(F)cc1)c1ccc(O)cc1C(F)(F)F. The largest absolute Gasteiger partial charge is 0.508 e. The van der Waals surface area contributed by atoms with E-state index < -0.39 is 34.7 Å². The number of ketones is 1. The van der Waals surface area contributed by atoms with Crippen LogP contribution in [0.2, 0.25) is 0 Å². The molecule has 0 aliphatic rings. The van der Waals surface area contributed by atoms with Gasteiger partial charge in [0, 0.05) is 11.1 Å². The van der Waals surface area contributed by atoms with Gasteiger partial charge in [0.25, 0.3) is 0 Å². The molecule has 20 heavy (non-hydrogen) atoms. The van der Waals surface area contributed by atoms with Gasteiger partial charge >= 0.3 is 6.18 Å². The third kappa shape index (κ3) is 2.79. The number of hydrogen-bond donors (Lipinski definition) is 1. The van der Waals surface area contributed by atoms with Gasteiger partial charge in [-0.15, -0.1) is 0 Å². The van der Waals surface area contributed by atoms with Gasteiger partial charge in [0.05, 0.1) is 5.56 Å². The van der Waals surface area contributed by atoms with E-state index in [4.69, 9.17) is 5.11 Å². The van der Waals surface area contributed by atoms with Crippen LogP contribution < -0.4 is 0 Å². The molecule has 0 saturated heterocycles. The topological polar surface area (TPSA) is 37.3 Å². The molecule has 0 saturated carbocycles. The molecule has 0 aliphatic carbocycles. The second-order valence-corrected chi connectivity index (χ2v) is 4.06. The second kappa shape index (κ2) is 4.96. The van der Waals surface area contributed by atoms with Crippen LogP contribution in [0.15, 0.2) is 42.5 Å². The summed E-state index contributed by atoms with van der Waals surface area (Å²) in [5.74, 6) is -2.08. The molecule has 104 valence electrons. The van der Waals surface area contributed by atoms with E-state index in [1.807, 2.05) is 0 Å². The van der Waals surface area contributed by atoms with Gasteiger partial charge in [-0.05, 0) is 42.5 Å². The summed E-state index contributed by atoms with van der Waals surface area (Å²) >= 11 is 0. The molecule has 0 spiro atoms. The summed E-state index contributed by atoms with van der Waals surface area (Å²) in [4.78, 5) is 12.0. The molecule has 0 aromatic heterocycles. The van der Waals surface area contributed by atoms with Crippen molar-refractivity contribution in [1.82, 2.24) is 0 Å². The van der Waals surface area contributed by atoms with E-state index in [-0.39, 0.29) is 5.56 Å². The van der Waals surface area contributed by atoms with Gasteiger partial charge in [-0.1, -0.05) is 0 Å². The Morgan fingerprint density at radius 2 is 1.60 bits per heavy atom. The van der Waals surface area contributed by atoms with Gasteiger partial charge in [-0.2, -0.15) is 13.2 Å². The number of benzene rings is 2. The summed E-state index contributed by atoms with van der Waals surface area (Å²) in [5, 5.41) is 9.13. The van der Waals surface area contributed by atoms with Crippen molar-refractivity contribution in [3.05, 3.63) is 65.0 Å². The first-order chi connectivity index (χ1) is 9.29. The summed E-state index contributed by atoms with van der Waals surface area (Å²) in [6, 6.07) is 6.55. The zero-order valence-corrected chi connectivity index (χ0v) is 9.91. The molecule has 2 nitrogen and oxygen atoms in total. The predicted molar refractivity (Wildman–Crippen MR) is 62.9 cm³/mol. The van der Waals surface area contributed by atoms with Crippen molar-refractivity contribution in [1.29, 1.82) is 0 Å². The summed E-state index contributed by atoms with van der Waals surface area (Å²) in [6.45, 7) is 0. The van der Waals surface area contributed by atoms with E-state index in [0.29, 0.717) is 6.07 Å². The Kier molecular flexibility index (Phi) is 3.48. The van der Waals surface area contributed by atoms with Crippen molar-refractivity contribution in [2.75, 3.05) is 0 Å². The van der Waals surface area contributed by atoms with Gasteiger partial charge in [0.1, 0.15) is 11.6 Å². The molecule has 0 aliphatic heterocycles. The van der Waals surface area contributed by atoms with Gasteiger partial charge in [0.15, 0.2) is 5.78 Å². The first-order valence-corrected chi connectivity index (χ1v) is 5.49. The summed E-state index contributed by atoms with van der Waals surface area (Å²) < 4.78 is 51.3. The predicted octanol–water partition coefficient (Wildman–Crippen LogP) is 3.78. The standard InChI is InChI=1S/C14H8F4O2/c15-9-3-1-8(2-4-9)13(20)11-6-5-10(19)7-12(11)14(16,17)18/h1-7,19H. The summed E-state index contributed by atoms with van der Waals surface area (Å²) in [6.07, 6.45) is -4.77. The van der Waals surface area contributed by atoms with Crippen molar-refractivity contribution in [2.24, 2.45) is 0 Å². The van der Waals surface area contributed by atoms with Crippen molar-refractivity contribution in [2.45, 2.75) is 6.18 Å². The number of phenolic OH excluding ortho intramolecular Hbond substituents is 1. The number of aromatic hydroxyl groups is 1. The number of carbonyl (C=O) groups is 1. The molecule has 2 aromatic rings. The third-order valence-corrected chi connectivity index (χ3v) is 2.66. The van der Waals surface area contributed by atoms with E-state index in [1.165, 1.54) is 0 Å². The van der Waals surface area contributed by atoms with Crippen LogP contribution in [-0.4, -0.2) is 10.9 Å². The second-order valence-electron chi connectivity index (χ2n) is 4.06. The Balaban J connectivity index is 2.52. The molecule has 0 atom stereocenters. The number of halogens is 4. The van der Waals surface area contributed by atoms with E-state index >= 15 is 0 Å². The van der Waals surface area contributed by atoms with Crippen LogP contribution in [0.5, 0.6) is 5.75 Å². The number of rotatable bonds is 2. The number of carbonyl (C=O) groups excluding carboxylic acids is 1. The van der Waals surface area contributed by atoms with Crippen LogP contribution in [0.25, 0.3) is 0 Å². The number of alkyl halides is 3. The quantitative estimate of drug-likeness (QED) is 0.673. The first kappa shape index (κ1) is 14.0. The average molecular weight is 284 g/mol. The smallest absolute Gasteiger partial charge is 0.417 e. The normalized spacial score (nSPS) is 11.4. The Morgan fingerprint density at radius 3 is 2.15 bits per heavy atom. The Hall–Kier alpha value is -2.37. The van der Waals surface area contributed by atoms with Gasteiger partial charge in [-0.25, -0.2) is 4.39 Å². The fraction of sp³-hybridized carbons (Fsp3) is 0.0714. The van der Waals surface area contributed by atoms with Crippen LogP contribution in [0.4, 0.5) is 17.6 Å². The lowest BCUT2D eigenvalue weighted by Crippen LogP contribution is -2.13. The number of hydrogen-bond acceptors (Lipinski definition) is 2. The minimum absolute atomic E-state index is 0.0670. The molecule has 0 bridgehead atoms. The van der Waals surface area contributed by atoms with Crippen LogP contribution in [-0.2, 0) is 6.18 Å². The highest BCUT2D eigenvalue weighted by atomic mass is 19.4. The van der Waals surface area contributed by atoms with Crippen molar-refractivity contribution >= 4 is 5.78 Å². The molecule has 0 heterocycles. The van der Waals surface area contributed by atoms with Gasteiger partial charge in [0.2, 0.25) is 0 Å².